The predicted octanol–water partition coefficient (Wildman–Crippen LogP) is 3.31. The molecule has 0 saturated carbocycles. The Morgan fingerprint density at radius 1 is 1.08 bits per heavy atom. The van der Waals surface area contributed by atoms with E-state index in [0.717, 1.165) is 22.6 Å². The number of aryl methyl sites for hydroxylation is 1. The van der Waals surface area contributed by atoms with Crippen molar-refractivity contribution in [1.82, 2.24) is 24.8 Å². The Bertz CT molecular complexity index is 1010. The summed E-state index contributed by atoms with van der Waals surface area (Å²) in [5.74, 6) is 8.69. The van der Waals surface area contributed by atoms with E-state index in [2.05, 4.69) is 20.2 Å². The highest BCUT2D eigenvalue weighted by Gasteiger charge is 2.15. The molecule has 0 spiro atoms. The number of nitrogens with zero attached hydrogens (tertiary/aromatic N) is 5. The van der Waals surface area contributed by atoms with Gasteiger partial charge in [-0.1, -0.05) is 30.0 Å². The average Bonchev–Trinajstić information content (AvgIpc) is 3.24. The summed E-state index contributed by atoms with van der Waals surface area (Å²) in [6, 6.07) is 13.5. The molecule has 26 heavy (non-hydrogen) atoms. The zero-order valence-electron chi connectivity index (χ0n) is 14.0. The second-order valence-corrected chi connectivity index (χ2v) is 6.54. The maximum Gasteiger partial charge on any atom is 0.226 e. The number of pyridine rings is 1. The topological polar surface area (TPSA) is 95.6 Å². The Hall–Kier alpha value is -3.13. The highest BCUT2D eigenvalue weighted by atomic mass is 32.2. The number of aromatic nitrogens is 5. The summed E-state index contributed by atoms with van der Waals surface area (Å²) in [4.78, 5) is 8.68. The van der Waals surface area contributed by atoms with Crippen LogP contribution >= 0.6 is 11.8 Å². The van der Waals surface area contributed by atoms with Crippen molar-refractivity contribution < 1.29 is 4.42 Å². The maximum atomic E-state index is 6.13. The van der Waals surface area contributed by atoms with Crippen molar-refractivity contribution in [1.29, 1.82) is 0 Å². The lowest BCUT2D eigenvalue weighted by Crippen LogP contribution is -2.11. The van der Waals surface area contributed by atoms with Crippen molar-refractivity contribution in [3.05, 3.63) is 66.3 Å². The third kappa shape index (κ3) is 3.18. The maximum absolute atomic E-state index is 6.13. The summed E-state index contributed by atoms with van der Waals surface area (Å²) in [5, 5.41) is 8.93. The van der Waals surface area contributed by atoms with E-state index in [1.165, 1.54) is 16.4 Å². The molecule has 0 aliphatic rings. The number of rotatable bonds is 5. The molecule has 2 N–H and O–H groups in total. The van der Waals surface area contributed by atoms with Crippen molar-refractivity contribution in [2.75, 3.05) is 5.84 Å². The van der Waals surface area contributed by atoms with E-state index >= 15 is 0 Å². The van der Waals surface area contributed by atoms with E-state index < -0.39 is 0 Å². The molecule has 0 saturated heterocycles. The Kier molecular flexibility index (Phi) is 4.40. The molecule has 4 aromatic rings. The zero-order chi connectivity index (χ0) is 17.9. The van der Waals surface area contributed by atoms with Crippen molar-refractivity contribution in [3.63, 3.8) is 0 Å². The van der Waals surface area contributed by atoms with Crippen molar-refractivity contribution >= 4 is 11.8 Å². The van der Waals surface area contributed by atoms with E-state index in [9.17, 15) is 0 Å². The fourth-order valence-corrected chi connectivity index (χ4v) is 3.32. The molecule has 0 atom stereocenters. The van der Waals surface area contributed by atoms with Crippen LogP contribution in [0.4, 0.5) is 0 Å². The number of hydrogen-bond acceptors (Lipinski definition) is 7. The highest BCUT2D eigenvalue weighted by Crippen LogP contribution is 2.27. The molecule has 7 nitrogen and oxygen atoms in total. The molecule has 1 aromatic carbocycles. The van der Waals surface area contributed by atoms with E-state index in [-0.39, 0.29) is 0 Å². The van der Waals surface area contributed by atoms with Gasteiger partial charge in [0.15, 0.2) is 5.82 Å². The van der Waals surface area contributed by atoms with Crippen LogP contribution in [0.3, 0.4) is 0 Å². The molecule has 0 unspecified atom stereocenters. The molecular formula is C18H16N6OS. The van der Waals surface area contributed by atoms with Gasteiger partial charge in [-0.3, -0.25) is 4.98 Å². The first kappa shape index (κ1) is 16.3. The van der Waals surface area contributed by atoms with Crippen molar-refractivity contribution in [2.45, 2.75) is 17.8 Å². The van der Waals surface area contributed by atoms with Gasteiger partial charge in [-0.15, -0.1) is 10.2 Å². The third-order valence-electron chi connectivity index (χ3n) is 3.84. The Balaban J connectivity index is 1.52. The fraction of sp³-hybridized carbons (Fsp3) is 0.111. The monoisotopic (exact) mass is 364 g/mol. The first-order valence-corrected chi connectivity index (χ1v) is 8.96. The summed E-state index contributed by atoms with van der Waals surface area (Å²) < 4.78 is 7.25. The van der Waals surface area contributed by atoms with Gasteiger partial charge in [0, 0.05) is 29.3 Å². The van der Waals surface area contributed by atoms with Gasteiger partial charge in [-0.25, -0.2) is 9.66 Å². The molecule has 3 aromatic heterocycles. The number of nitrogens with two attached hydrogens (primary N) is 1. The summed E-state index contributed by atoms with van der Waals surface area (Å²) in [6.07, 6.45) is 3.41. The van der Waals surface area contributed by atoms with Crippen LogP contribution in [0, 0.1) is 6.92 Å². The summed E-state index contributed by atoms with van der Waals surface area (Å²) >= 11 is 1.46. The molecule has 0 aliphatic carbocycles. The van der Waals surface area contributed by atoms with Crippen LogP contribution in [0.2, 0.25) is 0 Å². The van der Waals surface area contributed by atoms with Gasteiger partial charge >= 0.3 is 0 Å². The van der Waals surface area contributed by atoms with E-state index in [0.29, 0.717) is 22.6 Å². The second kappa shape index (κ2) is 7.01. The SMILES string of the molecule is Cc1oc(-c2ccccc2)nc1CSc1nnc(-c2cccnc2)n1N. The first-order chi connectivity index (χ1) is 12.7. The van der Waals surface area contributed by atoms with Gasteiger partial charge in [0.1, 0.15) is 5.76 Å². The van der Waals surface area contributed by atoms with Gasteiger partial charge in [-0.2, -0.15) is 0 Å². The quantitative estimate of drug-likeness (QED) is 0.429. The molecule has 0 radical (unpaired) electrons. The van der Waals surface area contributed by atoms with Crippen molar-refractivity contribution in [2.24, 2.45) is 0 Å². The molecule has 4 rings (SSSR count). The van der Waals surface area contributed by atoms with Crippen LogP contribution in [0.1, 0.15) is 11.5 Å². The first-order valence-electron chi connectivity index (χ1n) is 7.98. The predicted molar refractivity (Wildman–Crippen MR) is 99.6 cm³/mol. The Morgan fingerprint density at radius 2 is 1.88 bits per heavy atom. The number of thioether (sulfide) groups is 1. The van der Waals surface area contributed by atoms with Crippen molar-refractivity contribution in [3.8, 4) is 22.8 Å². The van der Waals surface area contributed by atoms with E-state index in [1.807, 2.05) is 49.4 Å². The Labute approximate surface area is 154 Å². The lowest BCUT2D eigenvalue weighted by Gasteiger charge is -2.02. The van der Waals surface area contributed by atoms with Gasteiger partial charge in [-0.05, 0) is 31.2 Å². The summed E-state index contributed by atoms with van der Waals surface area (Å²) in [6.45, 7) is 1.91. The largest absolute Gasteiger partial charge is 0.441 e. The molecule has 0 bridgehead atoms. The van der Waals surface area contributed by atoms with Gasteiger partial charge in [0.2, 0.25) is 11.0 Å². The lowest BCUT2D eigenvalue weighted by atomic mass is 10.2. The van der Waals surface area contributed by atoms with Gasteiger partial charge in [0.25, 0.3) is 0 Å². The van der Waals surface area contributed by atoms with E-state index in [4.69, 9.17) is 10.3 Å². The van der Waals surface area contributed by atoms with Gasteiger partial charge < -0.3 is 10.3 Å². The molecule has 130 valence electrons. The number of benzene rings is 1. The van der Waals surface area contributed by atoms with Crippen LogP contribution in [0.15, 0.2) is 64.4 Å². The minimum absolute atomic E-state index is 0.572. The lowest BCUT2D eigenvalue weighted by molar-refractivity contribution is 0.540. The van der Waals surface area contributed by atoms with Crippen LogP contribution in [0.25, 0.3) is 22.8 Å². The normalized spacial score (nSPS) is 11.0. The molecule has 3 heterocycles. The van der Waals surface area contributed by atoms with Crippen LogP contribution in [-0.2, 0) is 5.75 Å². The summed E-state index contributed by atoms with van der Waals surface area (Å²) in [7, 11) is 0. The van der Waals surface area contributed by atoms with E-state index in [1.54, 1.807) is 12.4 Å². The molecule has 0 aliphatic heterocycles. The average molecular weight is 364 g/mol. The molecule has 0 fully saturated rings. The highest BCUT2D eigenvalue weighted by molar-refractivity contribution is 7.98. The minimum atomic E-state index is 0.572. The zero-order valence-corrected chi connectivity index (χ0v) is 14.8. The smallest absolute Gasteiger partial charge is 0.226 e. The Morgan fingerprint density at radius 3 is 2.65 bits per heavy atom. The van der Waals surface area contributed by atoms with Crippen LogP contribution in [0.5, 0.6) is 0 Å². The second-order valence-electron chi connectivity index (χ2n) is 5.59. The van der Waals surface area contributed by atoms with Gasteiger partial charge in [0.05, 0.1) is 5.69 Å². The number of hydrogen-bond donors (Lipinski definition) is 1. The fourth-order valence-electron chi connectivity index (χ4n) is 2.47. The number of oxazole rings is 1. The summed E-state index contributed by atoms with van der Waals surface area (Å²) in [5.41, 5.74) is 2.63. The minimum Gasteiger partial charge on any atom is -0.441 e. The van der Waals surface area contributed by atoms with Crippen LogP contribution < -0.4 is 5.84 Å². The molecular weight excluding hydrogens is 348 g/mol. The molecule has 0 amide bonds. The molecule has 8 heteroatoms. The van der Waals surface area contributed by atoms with Crippen LogP contribution in [-0.4, -0.2) is 24.8 Å². The standard InChI is InChI=1S/C18H16N6OS/c1-12-15(21-17(25-12)13-6-3-2-4-7-13)11-26-18-23-22-16(24(18)19)14-8-5-9-20-10-14/h2-10H,11,19H2,1H3. The number of nitrogen functional groups attached to an aromatic ring is 1. The third-order valence-corrected chi connectivity index (χ3v) is 4.79.